The number of rotatable bonds is 6. The van der Waals surface area contributed by atoms with Gasteiger partial charge in [0.15, 0.2) is 11.0 Å². The number of amides is 2. The molecule has 0 fully saturated rings. The molecule has 0 bridgehead atoms. The fourth-order valence-corrected chi connectivity index (χ4v) is 3.44. The quantitative estimate of drug-likeness (QED) is 0.172. The number of urea groups is 1. The van der Waals surface area contributed by atoms with Crippen LogP contribution in [0.1, 0.15) is 19.9 Å². The highest BCUT2D eigenvalue weighted by molar-refractivity contribution is 7.97. The summed E-state index contributed by atoms with van der Waals surface area (Å²) in [5.74, 6) is 0.704. The van der Waals surface area contributed by atoms with Gasteiger partial charge in [-0.05, 0) is 62.4 Å². The molecule has 0 unspecified atom stereocenters. The SMILES string of the molecule is CC(C)n1nccc1N/C(S)=N/C(=O)Nc1ccc(-c2ncn(-c3ccc(OC(F)(F)F)cc3)n2)cc1. The standard InChI is InChI=1S/C23H21F3N8O2S/c1-14(2)34-19(11-12-28-34)30-22(37)31-21(35)29-16-5-3-15(4-6-16)20-27-13-33(32-20)17-7-9-18(10-8-17)36-23(24,25)26/h3-14H,1-2H3,(H3,29,30,31,35,37). The number of halogens is 3. The number of hydrogen-bond donors (Lipinski definition) is 3. The van der Waals surface area contributed by atoms with Crippen molar-refractivity contribution in [2.45, 2.75) is 26.3 Å². The fourth-order valence-electron chi connectivity index (χ4n) is 3.24. The summed E-state index contributed by atoms with van der Waals surface area (Å²) < 4.78 is 44.0. The molecule has 0 atom stereocenters. The van der Waals surface area contributed by atoms with Gasteiger partial charge in [0, 0.05) is 23.4 Å². The maximum absolute atomic E-state index is 12.3. The number of hydrogen-bond acceptors (Lipinski definition) is 5. The van der Waals surface area contributed by atoms with Gasteiger partial charge < -0.3 is 15.4 Å². The van der Waals surface area contributed by atoms with Gasteiger partial charge in [0.25, 0.3) is 0 Å². The van der Waals surface area contributed by atoms with Crippen molar-refractivity contribution < 1.29 is 22.7 Å². The highest BCUT2D eigenvalue weighted by atomic mass is 32.1. The zero-order valence-electron chi connectivity index (χ0n) is 19.5. The maximum Gasteiger partial charge on any atom is 0.573 e. The molecule has 192 valence electrons. The molecule has 2 amide bonds. The van der Waals surface area contributed by atoms with Crippen molar-refractivity contribution in [3.63, 3.8) is 0 Å². The molecule has 0 aliphatic carbocycles. The predicted molar refractivity (Wildman–Crippen MR) is 135 cm³/mol. The summed E-state index contributed by atoms with van der Waals surface area (Å²) in [6, 6.07) is 13.2. The lowest BCUT2D eigenvalue weighted by Gasteiger charge is -2.11. The molecule has 2 aromatic heterocycles. The van der Waals surface area contributed by atoms with Crippen LogP contribution in [0, 0.1) is 0 Å². The molecule has 4 rings (SSSR count). The van der Waals surface area contributed by atoms with E-state index in [4.69, 9.17) is 0 Å². The molecule has 2 N–H and O–H groups in total. The first-order valence-corrected chi connectivity index (χ1v) is 11.3. The number of aliphatic imine (C=N–C) groups is 1. The molecule has 0 saturated carbocycles. The van der Waals surface area contributed by atoms with Crippen LogP contribution in [-0.2, 0) is 0 Å². The third-order valence-corrected chi connectivity index (χ3v) is 5.04. The van der Waals surface area contributed by atoms with Crippen molar-refractivity contribution in [2.24, 2.45) is 4.99 Å². The van der Waals surface area contributed by atoms with Gasteiger partial charge in [0.2, 0.25) is 0 Å². The Hall–Kier alpha value is -4.33. The summed E-state index contributed by atoms with van der Waals surface area (Å²) in [6.07, 6.45) is -1.69. The number of anilines is 2. The fraction of sp³-hybridized carbons (Fsp3) is 0.174. The maximum atomic E-state index is 12.3. The first kappa shape index (κ1) is 25.8. The number of aromatic nitrogens is 5. The van der Waals surface area contributed by atoms with E-state index < -0.39 is 12.4 Å². The van der Waals surface area contributed by atoms with E-state index in [9.17, 15) is 18.0 Å². The van der Waals surface area contributed by atoms with Gasteiger partial charge in [0.05, 0.1) is 11.9 Å². The van der Waals surface area contributed by atoms with Crippen LogP contribution in [-0.4, -0.2) is 42.1 Å². The van der Waals surface area contributed by atoms with E-state index in [1.807, 2.05) is 13.8 Å². The van der Waals surface area contributed by atoms with Gasteiger partial charge in [-0.3, -0.25) is 0 Å². The average Bonchev–Trinajstić information content (AvgIpc) is 3.49. The van der Waals surface area contributed by atoms with Gasteiger partial charge in [-0.25, -0.2) is 19.1 Å². The number of carbonyl (C=O) groups is 1. The highest BCUT2D eigenvalue weighted by Gasteiger charge is 2.31. The van der Waals surface area contributed by atoms with E-state index >= 15 is 0 Å². The minimum atomic E-state index is -4.76. The summed E-state index contributed by atoms with van der Waals surface area (Å²) in [5.41, 5.74) is 1.66. The first-order chi connectivity index (χ1) is 17.6. The molecule has 10 nitrogen and oxygen atoms in total. The Labute approximate surface area is 214 Å². The summed E-state index contributed by atoms with van der Waals surface area (Å²) in [6.45, 7) is 3.94. The van der Waals surface area contributed by atoms with Crippen molar-refractivity contribution in [2.75, 3.05) is 10.6 Å². The zero-order valence-corrected chi connectivity index (χ0v) is 20.4. The van der Waals surface area contributed by atoms with E-state index in [-0.39, 0.29) is 17.0 Å². The minimum Gasteiger partial charge on any atom is -0.406 e. The number of nitrogens with zero attached hydrogens (tertiary/aromatic N) is 6. The van der Waals surface area contributed by atoms with Crippen LogP contribution in [0.2, 0.25) is 0 Å². The van der Waals surface area contributed by atoms with Gasteiger partial charge in [-0.15, -0.1) is 30.9 Å². The van der Waals surface area contributed by atoms with Gasteiger partial charge in [-0.1, -0.05) is 0 Å². The average molecular weight is 531 g/mol. The van der Waals surface area contributed by atoms with Crippen LogP contribution in [0.5, 0.6) is 5.75 Å². The minimum absolute atomic E-state index is 0.101. The van der Waals surface area contributed by atoms with Crippen LogP contribution >= 0.6 is 12.6 Å². The smallest absolute Gasteiger partial charge is 0.406 e. The molecule has 2 heterocycles. The normalized spacial score (nSPS) is 12.0. The molecule has 4 aromatic rings. The Kier molecular flexibility index (Phi) is 7.47. The van der Waals surface area contributed by atoms with Crippen molar-refractivity contribution in [1.29, 1.82) is 0 Å². The largest absolute Gasteiger partial charge is 0.573 e. The molecule has 14 heteroatoms. The number of amidine groups is 1. The Bertz CT molecular complexity index is 1400. The van der Waals surface area contributed by atoms with Crippen molar-refractivity contribution >= 4 is 35.3 Å². The number of nitrogens with one attached hydrogen (secondary N) is 2. The summed E-state index contributed by atoms with van der Waals surface area (Å²) in [5, 5.41) is 14.2. The first-order valence-electron chi connectivity index (χ1n) is 10.8. The lowest BCUT2D eigenvalue weighted by molar-refractivity contribution is -0.274. The Morgan fingerprint density at radius 1 is 1.05 bits per heavy atom. The van der Waals surface area contributed by atoms with Gasteiger partial charge >= 0.3 is 12.4 Å². The van der Waals surface area contributed by atoms with Crippen LogP contribution in [0.4, 0.5) is 29.5 Å². The number of carbonyl (C=O) groups excluding carboxylic acids is 1. The molecule has 0 spiro atoms. The number of alkyl halides is 3. The number of thiol groups is 1. The van der Waals surface area contributed by atoms with E-state index in [1.54, 1.807) is 41.2 Å². The van der Waals surface area contributed by atoms with Crippen LogP contribution in [0.15, 0.2) is 72.1 Å². The monoisotopic (exact) mass is 530 g/mol. The van der Waals surface area contributed by atoms with Crippen LogP contribution < -0.4 is 15.4 Å². The number of ether oxygens (including phenoxy) is 1. The number of benzene rings is 2. The zero-order chi connectivity index (χ0) is 26.6. The molecular weight excluding hydrogens is 509 g/mol. The molecular formula is C23H21F3N8O2S. The topological polar surface area (TPSA) is 111 Å². The molecule has 0 aliphatic rings. The van der Waals surface area contributed by atoms with Crippen molar-refractivity contribution in [3.05, 3.63) is 67.1 Å². The third kappa shape index (κ3) is 6.88. The van der Waals surface area contributed by atoms with Crippen LogP contribution in [0.3, 0.4) is 0 Å². The second-order valence-electron chi connectivity index (χ2n) is 7.88. The second-order valence-corrected chi connectivity index (χ2v) is 8.30. The third-order valence-electron chi connectivity index (χ3n) is 4.83. The van der Waals surface area contributed by atoms with Crippen LogP contribution in [0.25, 0.3) is 17.1 Å². The van der Waals surface area contributed by atoms with E-state index in [2.05, 4.69) is 48.2 Å². The summed E-state index contributed by atoms with van der Waals surface area (Å²) >= 11 is 4.22. The summed E-state index contributed by atoms with van der Waals surface area (Å²) in [4.78, 5) is 20.4. The molecule has 0 aliphatic heterocycles. The van der Waals surface area contributed by atoms with E-state index in [1.165, 1.54) is 35.3 Å². The predicted octanol–water partition coefficient (Wildman–Crippen LogP) is 5.54. The van der Waals surface area contributed by atoms with Gasteiger partial charge in [0.1, 0.15) is 17.9 Å². The Morgan fingerprint density at radius 3 is 2.41 bits per heavy atom. The molecule has 0 radical (unpaired) electrons. The van der Waals surface area contributed by atoms with Crippen molar-refractivity contribution in [1.82, 2.24) is 24.5 Å². The highest BCUT2D eigenvalue weighted by Crippen LogP contribution is 2.24. The Balaban J connectivity index is 1.37. The second kappa shape index (κ2) is 10.7. The molecule has 2 aromatic carbocycles. The van der Waals surface area contributed by atoms with E-state index in [0.29, 0.717) is 28.6 Å². The Morgan fingerprint density at radius 2 is 1.76 bits per heavy atom. The summed E-state index contributed by atoms with van der Waals surface area (Å²) in [7, 11) is 0. The lowest BCUT2D eigenvalue weighted by Crippen LogP contribution is -2.17. The molecule has 0 saturated heterocycles. The van der Waals surface area contributed by atoms with E-state index in [0.717, 1.165) is 0 Å². The molecule has 37 heavy (non-hydrogen) atoms. The van der Waals surface area contributed by atoms with Gasteiger partial charge in [-0.2, -0.15) is 10.1 Å². The van der Waals surface area contributed by atoms with Crippen molar-refractivity contribution in [3.8, 4) is 22.8 Å². The lowest BCUT2D eigenvalue weighted by atomic mass is 10.2.